The fourth-order valence-electron chi connectivity index (χ4n) is 0.793. The number of aliphatic hydroxyl groups excluding tert-OH is 1. The van der Waals surface area contributed by atoms with Crippen LogP contribution < -0.4 is 0 Å². The Morgan fingerprint density at radius 2 is 1.36 bits per heavy atom. The Morgan fingerprint density at radius 1 is 0.857 bits per heavy atom. The lowest BCUT2D eigenvalue weighted by Crippen LogP contribution is -2.22. The minimum absolute atomic E-state index is 0.0626. The average molecular weight is 206 g/mol. The highest BCUT2D eigenvalue weighted by atomic mass is 16.5. The van der Waals surface area contributed by atoms with E-state index in [9.17, 15) is 0 Å². The van der Waals surface area contributed by atoms with Gasteiger partial charge in [0.05, 0.1) is 45.2 Å². The number of rotatable bonds is 8. The first-order valence-corrected chi connectivity index (χ1v) is 4.96. The Morgan fingerprint density at radius 3 is 1.86 bits per heavy atom. The normalized spacial score (nSPS) is 12.0. The summed E-state index contributed by atoms with van der Waals surface area (Å²) in [5.74, 6) is 0. The van der Waals surface area contributed by atoms with Gasteiger partial charge in [-0.1, -0.05) is 0 Å². The third-order valence-corrected chi connectivity index (χ3v) is 1.37. The summed E-state index contributed by atoms with van der Waals surface area (Å²) < 4.78 is 15.7. The van der Waals surface area contributed by atoms with Crippen LogP contribution in [0.4, 0.5) is 0 Å². The number of hydrogen-bond donors (Lipinski definition) is 1. The van der Waals surface area contributed by atoms with Gasteiger partial charge in [-0.05, 0) is 20.8 Å². The van der Waals surface area contributed by atoms with Crippen molar-refractivity contribution < 1.29 is 19.3 Å². The highest BCUT2D eigenvalue weighted by Crippen LogP contribution is 2.05. The summed E-state index contributed by atoms with van der Waals surface area (Å²) >= 11 is 0. The first-order chi connectivity index (χ1) is 6.56. The zero-order valence-corrected chi connectivity index (χ0v) is 9.41. The van der Waals surface area contributed by atoms with Crippen molar-refractivity contribution in [2.75, 3.05) is 39.6 Å². The highest BCUT2D eigenvalue weighted by molar-refractivity contribution is 4.57. The maximum atomic E-state index is 8.41. The molecule has 4 heteroatoms. The van der Waals surface area contributed by atoms with Crippen molar-refractivity contribution in [1.29, 1.82) is 0 Å². The second-order valence-corrected chi connectivity index (χ2v) is 3.91. The van der Waals surface area contributed by atoms with Crippen molar-refractivity contribution in [3.63, 3.8) is 0 Å². The van der Waals surface area contributed by atoms with Crippen LogP contribution in [0.25, 0.3) is 0 Å². The van der Waals surface area contributed by atoms with Crippen molar-refractivity contribution in [2.45, 2.75) is 26.4 Å². The van der Waals surface area contributed by atoms with Crippen molar-refractivity contribution in [1.82, 2.24) is 0 Å². The fraction of sp³-hybridized carbons (Fsp3) is 1.00. The lowest BCUT2D eigenvalue weighted by molar-refractivity contribution is -0.0436. The van der Waals surface area contributed by atoms with Gasteiger partial charge in [-0.15, -0.1) is 0 Å². The van der Waals surface area contributed by atoms with Gasteiger partial charge in [0.2, 0.25) is 0 Å². The van der Waals surface area contributed by atoms with E-state index in [0.29, 0.717) is 33.0 Å². The lowest BCUT2D eigenvalue weighted by Gasteiger charge is -2.19. The second-order valence-electron chi connectivity index (χ2n) is 3.91. The molecule has 0 radical (unpaired) electrons. The van der Waals surface area contributed by atoms with E-state index in [-0.39, 0.29) is 12.2 Å². The van der Waals surface area contributed by atoms with Crippen molar-refractivity contribution in [2.24, 2.45) is 0 Å². The Balaban J connectivity index is 2.99. The number of ether oxygens (including phenoxy) is 3. The molecule has 0 aromatic heterocycles. The van der Waals surface area contributed by atoms with E-state index in [1.54, 1.807) is 0 Å². The summed E-state index contributed by atoms with van der Waals surface area (Å²) in [7, 11) is 0. The number of hydrogen-bond acceptors (Lipinski definition) is 4. The SMILES string of the molecule is CC(C)(C)OCCOCCOCCO. The van der Waals surface area contributed by atoms with E-state index in [2.05, 4.69) is 0 Å². The zero-order chi connectivity index (χ0) is 10.9. The second kappa shape index (κ2) is 8.17. The summed E-state index contributed by atoms with van der Waals surface area (Å²) in [5, 5.41) is 8.41. The van der Waals surface area contributed by atoms with Gasteiger partial charge in [0.25, 0.3) is 0 Å². The largest absolute Gasteiger partial charge is 0.394 e. The molecule has 0 atom stereocenters. The smallest absolute Gasteiger partial charge is 0.0707 e. The molecule has 0 unspecified atom stereocenters. The Hall–Kier alpha value is -0.160. The molecule has 0 spiro atoms. The summed E-state index contributed by atoms with van der Waals surface area (Å²) in [5.41, 5.74) is -0.100. The Bertz CT molecular complexity index is 120. The van der Waals surface area contributed by atoms with E-state index in [4.69, 9.17) is 19.3 Å². The van der Waals surface area contributed by atoms with Crippen LogP contribution in [0.15, 0.2) is 0 Å². The van der Waals surface area contributed by atoms with E-state index in [1.807, 2.05) is 20.8 Å². The van der Waals surface area contributed by atoms with Gasteiger partial charge in [0, 0.05) is 0 Å². The highest BCUT2D eigenvalue weighted by Gasteiger charge is 2.08. The van der Waals surface area contributed by atoms with Gasteiger partial charge in [0.1, 0.15) is 0 Å². The molecule has 0 bridgehead atoms. The molecule has 0 amide bonds. The topological polar surface area (TPSA) is 47.9 Å². The molecule has 0 aromatic rings. The van der Waals surface area contributed by atoms with Crippen LogP contribution >= 0.6 is 0 Å². The zero-order valence-electron chi connectivity index (χ0n) is 9.41. The number of aliphatic hydroxyl groups is 1. The molecule has 1 N–H and O–H groups in total. The molecule has 0 heterocycles. The Labute approximate surface area is 86.2 Å². The molecule has 86 valence electrons. The van der Waals surface area contributed by atoms with Gasteiger partial charge in [-0.25, -0.2) is 0 Å². The van der Waals surface area contributed by atoms with Crippen LogP contribution in [0.5, 0.6) is 0 Å². The van der Waals surface area contributed by atoms with Crippen LogP contribution in [0.1, 0.15) is 20.8 Å². The quantitative estimate of drug-likeness (QED) is 0.597. The molecule has 0 aliphatic carbocycles. The molecular weight excluding hydrogens is 184 g/mol. The molecule has 0 saturated carbocycles. The summed E-state index contributed by atoms with van der Waals surface area (Å²) in [6, 6.07) is 0. The summed E-state index contributed by atoms with van der Waals surface area (Å²) in [6.45, 7) is 8.73. The first kappa shape index (κ1) is 13.8. The molecule has 0 saturated heterocycles. The molecule has 0 aliphatic rings. The molecule has 0 aromatic carbocycles. The molecular formula is C10H22O4. The molecule has 4 nitrogen and oxygen atoms in total. The van der Waals surface area contributed by atoms with E-state index in [0.717, 1.165) is 0 Å². The van der Waals surface area contributed by atoms with E-state index < -0.39 is 0 Å². The fourth-order valence-corrected chi connectivity index (χ4v) is 0.793. The molecule has 0 aliphatic heterocycles. The summed E-state index contributed by atoms with van der Waals surface area (Å²) in [6.07, 6.45) is 0. The maximum Gasteiger partial charge on any atom is 0.0707 e. The Kier molecular flexibility index (Phi) is 8.08. The third kappa shape index (κ3) is 11.8. The van der Waals surface area contributed by atoms with Crippen LogP contribution in [0, 0.1) is 0 Å². The standard InChI is InChI=1S/C10H22O4/c1-10(2,3)14-9-8-13-7-6-12-5-4-11/h11H,4-9H2,1-3H3. The van der Waals surface area contributed by atoms with Gasteiger partial charge in [-0.2, -0.15) is 0 Å². The first-order valence-electron chi connectivity index (χ1n) is 4.96. The van der Waals surface area contributed by atoms with Crippen LogP contribution in [-0.4, -0.2) is 50.3 Å². The monoisotopic (exact) mass is 206 g/mol. The predicted molar refractivity (Wildman–Crippen MR) is 54.4 cm³/mol. The van der Waals surface area contributed by atoms with E-state index in [1.165, 1.54) is 0 Å². The third-order valence-electron chi connectivity index (χ3n) is 1.37. The molecule has 0 rings (SSSR count). The lowest BCUT2D eigenvalue weighted by atomic mass is 10.2. The van der Waals surface area contributed by atoms with Gasteiger partial charge in [-0.3, -0.25) is 0 Å². The minimum Gasteiger partial charge on any atom is -0.394 e. The molecule has 14 heavy (non-hydrogen) atoms. The predicted octanol–water partition coefficient (Wildman–Crippen LogP) is 0.827. The minimum atomic E-state index is -0.100. The van der Waals surface area contributed by atoms with Crippen molar-refractivity contribution in [3.05, 3.63) is 0 Å². The maximum absolute atomic E-state index is 8.41. The van der Waals surface area contributed by atoms with Crippen LogP contribution in [0.3, 0.4) is 0 Å². The van der Waals surface area contributed by atoms with Gasteiger partial charge < -0.3 is 19.3 Å². The van der Waals surface area contributed by atoms with Crippen LogP contribution in [-0.2, 0) is 14.2 Å². The van der Waals surface area contributed by atoms with Crippen LogP contribution in [0.2, 0.25) is 0 Å². The summed E-state index contributed by atoms with van der Waals surface area (Å²) in [4.78, 5) is 0. The average Bonchev–Trinajstić information content (AvgIpc) is 2.08. The van der Waals surface area contributed by atoms with Gasteiger partial charge in [0.15, 0.2) is 0 Å². The molecule has 0 fully saturated rings. The van der Waals surface area contributed by atoms with Crippen molar-refractivity contribution in [3.8, 4) is 0 Å². The van der Waals surface area contributed by atoms with E-state index >= 15 is 0 Å². The van der Waals surface area contributed by atoms with Crippen molar-refractivity contribution >= 4 is 0 Å². The van der Waals surface area contributed by atoms with Gasteiger partial charge >= 0.3 is 0 Å².